The molecule has 0 heterocycles. The zero-order valence-electron chi connectivity index (χ0n) is 5.94. The summed E-state index contributed by atoms with van der Waals surface area (Å²) in [6.07, 6.45) is 0. The number of nitriles is 1. The molecule has 0 atom stereocenters. The standard InChI is InChI=1S/C8H4Br2ClN/c9-7-1-5(3-11)8(10)6(2-7)4-12/h1-2H,3H2. The van der Waals surface area contributed by atoms with E-state index in [1.165, 1.54) is 0 Å². The minimum Gasteiger partial charge on any atom is -0.192 e. The largest absolute Gasteiger partial charge is 0.192 e. The molecule has 1 aromatic rings. The summed E-state index contributed by atoms with van der Waals surface area (Å²) in [5.41, 5.74) is 1.52. The van der Waals surface area contributed by atoms with Crippen LogP contribution in [0.1, 0.15) is 11.1 Å². The number of hydrogen-bond acceptors (Lipinski definition) is 1. The highest BCUT2D eigenvalue weighted by Gasteiger charge is 2.05. The van der Waals surface area contributed by atoms with Crippen molar-refractivity contribution in [1.82, 2.24) is 0 Å². The normalized spacial score (nSPS) is 9.50. The van der Waals surface area contributed by atoms with Crippen molar-refractivity contribution in [2.24, 2.45) is 0 Å². The zero-order chi connectivity index (χ0) is 9.14. The summed E-state index contributed by atoms with van der Waals surface area (Å²) in [6, 6.07) is 5.71. The third kappa shape index (κ3) is 2.01. The predicted octanol–water partition coefficient (Wildman–Crippen LogP) is 3.82. The maximum atomic E-state index is 8.72. The minimum absolute atomic E-state index is 0.398. The lowest BCUT2D eigenvalue weighted by Gasteiger charge is -2.02. The fourth-order valence-electron chi connectivity index (χ4n) is 0.824. The van der Waals surface area contributed by atoms with E-state index >= 15 is 0 Å². The molecule has 1 aromatic carbocycles. The number of benzene rings is 1. The van der Waals surface area contributed by atoms with Gasteiger partial charge in [-0.05, 0) is 33.6 Å². The van der Waals surface area contributed by atoms with Crippen LogP contribution in [-0.4, -0.2) is 0 Å². The van der Waals surface area contributed by atoms with Gasteiger partial charge in [0.15, 0.2) is 0 Å². The van der Waals surface area contributed by atoms with Crippen LogP contribution in [0.15, 0.2) is 21.1 Å². The Hall–Kier alpha value is -0.0400. The fraction of sp³-hybridized carbons (Fsp3) is 0.125. The number of nitrogens with zero attached hydrogens (tertiary/aromatic N) is 1. The van der Waals surface area contributed by atoms with Gasteiger partial charge in [-0.1, -0.05) is 15.9 Å². The summed E-state index contributed by atoms with van der Waals surface area (Å²) in [4.78, 5) is 0. The Morgan fingerprint density at radius 3 is 2.58 bits per heavy atom. The van der Waals surface area contributed by atoms with Crippen LogP contribution in [0.2, 0.25) is 0 Å². The molecule has 0 spiro atoms. The van der Waals surface area contributed by atoms with Crippen molar-refractivity contribution < 1.29 is 0 Å². The molecular formula is C8H4Br2ClN. The van der Waals surface area contributed by atoms with Gasteiger partial charge in [-0.25, -0.2) is 0 Å². The molecule has 0 amide bonds. The van der Waals surface area contributed by atoms with Crippen molar-refractivity contribution in [3.8, 4) is 6.07 Å². The topological polar surface area (TPSA) is 23.8 Å². The average molecular weight is 309 g/mol. The molecule has 0 fully saturated rings. The Morgan fingerprint density at radius 1 is 1.42 bits per heavy atom. The summed E-state index contributed by atoms with van der Waals surface area (Å²) in [6.45, 7) is 0. The zero-order valence-corrected chi connectivity index (χ0v) is 9.87. The molecule has 62 valence electrons. The number of alkyl halides is 1. The lowest BCUT2D eigenvalue weighted by molar-refractivity contribution is 1.33. The van der Waals surface area contributed by atoms with Gasteiger partial charge in [0, 0.05) is 14.8 Å². The van der Waals surface area contributed by atoms with Gasteiger partial charge in [-0.3, -0.25) is 0 Å². The second-order valence-electron chi connectivity index (χ2n) is 2.17. The Balaban J connectivity index is 3.34. The first-order valence-corrected chi connectivity index (χ1v) is 5.25. The van der Waals surface area contributed by atoms with E-state index in [0.29, 0.717) is 11.4 Å². The lowest BCUT2D eigenvalue weighted by atomic mass is 10.2. The molecule has 0 N–H and O–H groups in total. The quantitative estimate of drug-likeness (QED) is 0.723. The van der Waals surface area contributed by atoms with Crippen LogP contribution in [0.3, 0.4) is 0 Å². The number of hydrogen-bond donors (Lipinski definition) is 0. The van der Waals surface area contributed by atoms with E-state index in [9.17, 15) is 0 Å². The molecule has 0 aliphatic rings. The number of rotatable bonds is 1. The van der Waals surface area contributed by atoms with Gasteiger partial charge in [-0.2, -0.15) is 5.26 Å². The van der Waals surface area contributed by atoms with E-state index < -0.39 is 0 Å². The predicted molar refractivity (Wildman–Crippen MR) is 56.1 cm³/mol. The summed E-state index contributed by atoms with van der Waals surface area (Å²) in [5, 5.41) is 8.72. The summed E-state index contributed by atoms with van der Waals surface area (Å²) in [5.74, 6) is 0.398. The van der Waals surface area contributed by atoms with Gasteiger partial charge in [0.2, 0.25) is 0 Å². The van der Waals surface area contributed by atoms with Crippen molar-refractivity contribution in [2.45, 2.75) is 5.88 Å². The Bertz CT molecular complexity index is 344. The van der Waals surface area contributed by atoms with Crippen LogP contribution < -0.4 is 0 Å². The fourth-order valence-corrected chi connectivity index (χ4v) is 2.16. The molecule has 12 heavy (non-hydrogen) atoms. The SMILES string of the molecule is N#Cc1cc(Br)cc(CCl)c1Br. The van der Waals surface area contributed by atoms with E-state index in [1.54, 1.807) is 6.07 Å². The van der Waals surface area contributed by atoms with Gasteiger partial charge < -0.3 is 0 Å². The van der Waals surface area contributed by atoms with E-state index in [2.05, 4.69) is 37.9 Å². The molecule has 0 aromatic heterocycles. The molecule has 0 aliphatic heterocycles. The molecule has 0 aliphatic carbocycles. The first-order chi connectivity index (χ1) is 5.69. The average Bonchev–Trinajstić information content (AvgIpc) is 2.08. The van der Waals surface area contributed by atoms with Gasteiger partial charge in [0.1, 0.15) is 6.07 Å². The monoisotopic (exact) mass is 307 g/mol. The molecule has 0 saturated heterocycles. The second-order valence-corrected chi connectivity index (χ2v) is 4.15. The highest BCUT2D eigenvalue weighted by Crippen LogP contribution is 2.27. The maximum absolute atomic E-state index is 8.72. The smallest absolute Gasteiger partial charge is 0.100 e. The van der Waals surface area contributed by atoms with E-state index in [0.717, 1.165) is 14.5 Å². The minimum atomic E-state index is 0.398. The van der Waals surface area contributed by atoms with Gasteiger partial charge in [0.05, 0.1) is 5.56 Å². The first kappa shape index (κ1) is 10.0. The third-order valence-electron chi connectivity index (χ3n) is 1.38. The van der Waals surface area contributed by atoms with Gasteiger partial charge >= 0.3 is 0 Å². The maximum Gasteiger partial charge on any atom is 0.100 e. The Kier molecular flexibility index (Phi) is 3.57. The van der Waals surface area contributed by atoms with Crippen molar-refractivity contribution in [1.29, 1.82) is 5.26 Å². The van der Waals surface area contributed by atoms with Crippen LogP contribution in [0.4, 0.5) is 0 Å². The van der Waals surface area contributed by atoms with Gasteiger partial charge in [-0.15, -0.1) is 11.6 Å². The van der Waals surface area contributed by atoms with Crippen LogP contribution in [-0.2, 0) is 5.88 Å². The van der Waals surface area contributed by atoms with Crippen LogP contribution in [0.5, 0.6) is 0 Å². The van der Waals surface area contributed by atoms with Gasteiger partial charge in [0.25, 0.3) is 0 Å². The van der Waals surface area contributed by atoms with E-state index in [1.807, 2.05) is 6.07 Å². The van der Waals surface area contributed by atoms with E-state index in [4.69, 9.17) is 16.9 Å². The summed E-state index contributed by atoms with van der Waals surface area (Å²) >= 11 is 12.3. The van der Waals surface area contributed by atoms with Crippen LogP contribution in [0.25, 0.3) is 0 Å². The van der Waals surface area contributed by atoms with Crippen LogP contribution in [0, 0.1) is 11.3 Å². The van der Waals surface area contributed by atoms with Crippen LogP contribution >= 0.6 is 43.5 Å². The van der Waals surface area contributed by atoms with Crippen molar-refractivity contribution >= 4 is 43.5 Å². The molecular weight excluding hydrogens is 305 g/mol. The highest BCUT2D eigenvalue weighted by atomic mass is 79.9. The lowest BCUT2D eigenvalue weighted by Crippen LogP contribution is -1.85. The Morgan fingerprint density at radius 2 is 2.08 bits per heavy atom. The molecule has 4 heteroatoms. The van der Waals surface area contributed by atoms with E-state index in [-0.39, 0.29) is 0 Å². The highest BCUT2D eigenvalue weighted by molar-refractivity contribution is 9.11. The number of halogens is 3. The molecule has 0 bridgehead atoms. The summed E-state index contributed by atoms with van der Waals surface area (Å²) in [7, 11) is 0. The molecule has 0 radical (unpaired) electrons. The third-order valence-corrected chi connectivity index (χ3v) is 3.06. The molecule has 0 saturated carbocycles. The molecule has 1 rings (SSSR count). The molecule has 1 nitrogen and oxygen atoms in total. The summed E-state index contributed by atoms with van der Waals surface area (Å²) < 4.78 is 1.65. The van der Waals surface area contributed by atoms with Crippen molar-refractivity contribution in [2.75, 3.05) is 0 Å². The van der Waals surface area contributed by atoms with Crippen molar-refractivity contribution in [3.05, 3.63) is 32.2 Å². The first-order valence-electron chi connectivity index (χ1n) is 3.13. The Labute approximate surface area is 92.6 Å². The van der Waals surface area contributed by atoms with Crippen molar-refractivity contribution in [3.63, 3.8) is 0 Å². The molecule has 0 unspecified atom stereocenters. The second kappa shape index (κ2) is 4.27.